The summed E-state index contributed by atoms with van der Waals surface area (Å²) in [6.07, 6.45) is 0. The molecule has 3 rings (SSSR count). The number of ether oxygens (including phenoxy) is 1. The fourth-order valence-corrected chi connectivity index (χ4v) is 2.88. The molecular formula is C22H22F2N2O2. The Bertz CT molecular complexity index is 926. The van der Waals surface area contributed by atoms with Gasteiger partial charge in [0.05, 0.1) is 12.2 Å². The van der Waals surface area contributed by atoms with Gasteiger partial charge in [0.2, 0.25) is 5.88 Å². The van der Waals surface area contributed by atoms with Gasteiger partial charge in [-0.1, -0.05) is 30.3 Å². The summed E-state index contributed by atoms with van der Waals surface area (Å²) in [7, 11) is 1.66. The Morgan fingerprint density at radius 2 is 1.71 bits per heavy atom. The predicted molar refractivity (Wildman–Crippen MR) is 105 cm³/mol. The molecule has 2 aromatic carbocycles. The maximum absolute atomic E-state index is 14.8. The van der Waals surface area contributed by atoms with E-state index in [4.69, 9.17) is 9.84 Å². The highest BCUT2D eigenvalue weighted by atomic mass is 19.1. The first kappa shape index (κ1) is 19.8. The number of rotatable bonds is 7. The summed E-state index contributed by atoms with van der Waals surface area (Å²) in [4.78, 5) is 5.91. The van der Waals surface area contributed by atoms with Crippen LogP contribution in [-0.2, 0) is 6.61 Å². The van der Waals surface area contributed by atoms with Gasteiger partial charge in [0.25, 0.3) is 0 Å². The Balaban J connectivity index is 1.97. The summed E-state index contributed by atoms with van der Waals surface area (Å²) < 4.78 is 35.5. The summed E-state index contributed by atoms with van der Waals surface area (Å²) >= 11 is 0. The number of halogens is 2. The third-order valence-corrected chi connectivity index (χ3v) is 4.39. The number of aryl methyl sites for hydroxylation is 1. The average molecular weight is 384 g/mol. The van der Waals surface area contributed by atoms with E-state index in [9.17, 15) is 8.78 Å². The standard InChI is InChI=1S/C22H22F2N2O2/c1-15-8-9-18(22(25-15)28-14-16-6-4-3-5-7-16)21-19(23)12-17(13-20(21)24)26(2)10-11-27/h3-9,12-13,27H,10-11,14H2,1-2H3. The van der Waals surface area contributed by atoms with E-state index >= 15 is 0 Å². The molecule has 0 aliphatic heterocycles. The lowest BCUT2D eigenvalue weighted by molar-refractivity contribution is 0.294. The van der Waals surface area contributed by atoms with Crippen molar-refractivity contribution in [3.05, 3.63) is 77.5 Å². The van der Waals surface area contributed by atoms with Gasteiger partial charge in [-0.15, -0.1) is 0 Å². The Morgan fingerprint density at radius 3 is 2.36 bits per heavy atom. The van der Waals surface area contributed by atoms with Gasteiger partial charge in [0.15, 0.2) is 0 Å². The molecule has 28 heavy (non-hydrogen) atoms. The zero-order valence-corrected chi connectivity index (χ0v) is 15.8. The zero-order valence-electron chi connectivity index (χ0n) is 15.8. The summed E-state index contributed by atoms with van der Waals surface area (Å²) in [5, 5.41) is 9.03. The second-order valence-corrected chi connectivity index (χ2v) is 6.51. The second kappa shape index (κ2) is 8.80. The van der Waals surface area contributed by atoms with Crippen LogP contribution in [0.5, 0.6) is 5.88 Å². The molecule has 0 bridgehead atoms. The predicted octanol–water partition coefficient (Wildman–Crippen LogP) is 4.34. The third-order valence-electron chi connectivity index (χ3n) is 4.39. The van der Waals surface area contributed by atoms with Gasteiger partial charge in [0, 0.05) is 30.5 Å². The van der Waals surface area contributed by atoms with Gasteiger partial charge < -0.3 is 14.7 Å². The van der Waals surface area contributed by atoms with Crippen molar-refractivity contribution >= 4 is 5.69 Å². The molecule has 1 heterocycles. The van der Waals surface area contributed by atoms with Gasteiger partial charge in [-0.05, 0) is 36.8 Å². The van der Waals surface area contributed by atoms with E-state index in [0.717, 1.165) is 5.56 Å². The van der Waals surface area contributed by atoms with Crippen LogP contribution in [0.1, 0.15) is 11.3 Å². The fraction of sp³-hybridized carbons (Fsp3) is 0.227. The van der Waals surface area contributed by atoms with E-state index in [1.54, 1.807) is 31.0 Å². The van der Waals surface area contributed by atoms with E-state index in [2.05, 4.69) is 4.98 Å². The Morgan fingerprint density at radius 1 is 1.04 bits per heavy atom. The van der Waals surface area contributed by atoms with Crippen LogP contribution >= 0.6 is 0 Å². The number of hydrogen-bond donors (Lipinski definition) is 1. The summed E-state index contributed by atoms with van der Waals surface area (Å²) in [5.41, 5.74) is 2.04. The molecular weight excluding hydrogens is 362 g/mol. The van der Waals surface area contributed by atoms with Crippen molar-refractivity contribution in [1.29, 1.82) is 0 Å². The molecule has 0 amide bonds. The van der Waals surface area contributed by atoms with E-state index in [-0.39, 0.29) is 36.8 Å². The number of hydrogen-bond acceptors (Lipinski definition) is 4. The molecule has 0 radical (unpaired) electrons. The molecule has 0 unspecified atom stereocenters. The van der Waals surface area contributed by atoms with E-state index in [1.165, 1.54) is 12.1 Å². The lowest BCUT2D eigenvalue weighted by Crippen LogP contribution is -2.21. The van der Waals surface area contributed by atoms with E-state index in [1.807, 2.05) is 30.3 Å². The minimum atomic E-state index is -0.713. The molecule has 0 aliphatic rings. The average Bonchev–Trinajstić information content (AvgIpc) is 2.68. The number of pyridine rings is 1. The number of aromatic nitrogens is 1. The van der Waals surface area contributed by atoms with Crippen LogP contribution in [0.15, 0.2) is 54.6 Å². The molecule has 1 aromatic heterocycles. The van der Waals surface area contributed by atoms with Crippen molar-refractivity contribution in [2.75, 3.05) is 25.1 Å². The van der Waals surface area contributed by atoms with Crippen LogP contribution in [-0.4, -0.2) is 30.3 Å². The largest absolute Gasteiger partial charge is 0.472 e. The van der Waals surface area contributed by atoms with Crippen molar-refractivity contribution < 1.29 is 18.6 Å². The zero-order chi connectivity index (χ0) is 20.1. The van der Waals surface area contributed by atoms with Crippen molar-refractivity contribution in [3.63, 3.8) is 0 Å². The maximum atomic E-state index is 14.8. The molecule has 0 saturated heterocycles. The summed E-state index contributed by atoms with van der Waals surface area (Å²) in [5.74, 6) is -1.25. The smallest absolute Gasteiger partial charge is 0.222 e. The van der Waals surface area contributed by atoms with Crippen molar-refractivity contribution in [3.8, 4) is 17.0 Å². The van der Waals surface area contributed by atoms with Gasteiger partial charge in [-0.3, -0.25) is 0 Å². The van der Waals surface area contributed by atoms with Crippen LogP contribution in [0.3, 0.4) is 0 Å². The number of aliphatic hydroxyl groups excluding tert-OH is 1. The molecule has 6 heteroatoms. The van der Waals surface area contributed by atoms with Crippen LogP contribution in [0.2, 0.25) is 0 Å². The molecule has 0 spiro atoms. The molecule has 0 fully saturated rings. The molecule has 1 N–H and O–H groups in total. The first-order valence-corrected chi connectivity index (χ1v) is 8.95. The number of anilines is 1. The molecule has 146 valence electrons. The lowest BCUT2D eigenvalue weighted by atomic mass is 10.0. The van der Waals surface area contributed by atoms with Gasteiger partial charge in [0.1, 0.15) is 18.2 Å². The monoisotopic (exact) mass is 384 g/mol. The van der Waals surface area contributed by atoms with Crippen LogP contribution in [0, 0.1) is 18.6 Å². The Labute approximate surface area is 163 Å². The Kier molecular flexibility index (Phi) is 6.21. The highest BCUT2D eigenvalue weighted by Crippen LogP contribution is 2.35. The van der Waals surface area contributed by atoms with Crippen LogP contribution in [0.4, 0.5) is 14.5 Å². The highest BCUT2D eigenvalue weighted by Gasteiger charge is 2.19. The number of aliphatic hydroxyl groups is 1. The Hall–Kier alpha value is -2.99. The maximum Gasteiger partial charge on any atom is 0.222 e. The SMILES string of the molecule is Cc1ccc(-c2c(F)cc(N(C)CCO)cc2F)c(OCc2ccccc2)n1. The van der Waals surface area contributed by atoms with E-state index < -0.39 is 11.6 Å². The third kappa shape index (κ3) is 4.46. The minimum absolute atomic E-state index is 0.110. The van der Waals surface area contributed by atoms with Crippen LogP contribution < -0.4 is 9.64 Å². The first-order chi connectivity index (χ1) is 13.5. The summed E-state index contributed by atoms with van der Waals surface area (Å²) in [6, 6.07) is 15.3. The highest BCUT2D eigenvalue weighted by molar-refractivity contribution is 5.72. The van der Waals surface area contributed by atoms with Crippen molar-refractivity contribution in [1.82, 2.24) is 4.98 Å². The number of benzene rings is 2. The molecule has 4 nitrogen and oxygen atoms in total. The van der Waals surface area contributed by atoms with Crippen molar-refractivity contribution in [2.45, 2.75) is 13.5 Å². The molecule has 3 aromatic rings. The minimum Gasteiger partial charge on any atom is -0.472 e. The topological polar surface area (TPSA) is 45.6 Å². The molecule has 0 atom stereocenters. The van der Waals surface area contributed by atoms with Crippen molar-refractivity contribution in [2.24, 2.45) is 0 Å². The molecule has 0 saturated carbocycles. The van der Waals surface area contributed by atoms with Gasteiger partial charge >= 0.3 is 0 Å². The number of likely N-dealkylation sites (N-methyl/N-ethyl adjacent to an activating group) is 1. The second-order valence-electron chi connectivity index (χ2n) is 6.51. The summed E-state index contributed by atoms with van der Waals surface area (Å²) in [6.45, 7) is 2.19. The normalized spacial score (nSPS) is 10.8. The first-order valence-electron chi connectivity index (χ1n) is 8.95. The fourth-order valence-electron chi connectivity index (χ4n) is 2.88. The van der Waals surface area contributed by atoms with Gasteiger partial charge in [-0.2, -0.15) is 0 Å². The quantitative estimate of drug-likeness (QED) is 0.658. The molecule has 0 aliphatic carbocycles. The lowest BCUT2D eigenvalue weighted by Gasteiger charge is -2.19. The van der Waals surface area contributed by atoms with Gasteiger partial charge in [-0.25, -0.2) is 13.8 Å². The van der Waals surface area contributed by atoms with E-state index in [0.29, 0.717) is 11.4 Å². The number of nitrogens with zero attached hydrogens (tertiary/aromatic N) is 2. The van der Waals surface area contributed by atoms with Crippen LogP contribution in [0.25, 0.3) is 11.1 Å².